The van der Waals surface area contributed by atoms with Crippen molar-refractivity contribution in [3.63, 3.8) is 0 Å². The van der Waals surface area contributed by atoms with Gasteiger partial charge >= 0.3 is 5.97 Å². The molecule has 1 heterocycles. The van der Waals surface area contributed by atoms with Gasteiger partial charge in [0.2, 0.25) is 5.91 Å². The molecule has 0 saturated carbocycles. The van der Waals surface area contributed by atoms with E-state index in [0.717, 1.165) is 0 Å². The minimum absolute atomic E-state index is 0.116. The fourth-order valence-corrected chi connectivity index (χ4v) is 1.88. The number of ether oxygens (including phenoxy) is 3. The highest BCUT2D eigenvalue weighted by molar-refractivity contribution is 5.89. The Kier molecular flexibility index (Phi) is 6.20. The summed E-state index contributed by atoms with van der Waals surface area (Å²) in [6.07, 6.45) is 0.456. The second kappa shape index (κ2) is 7.42. The molecule has 1 unspecified atom stereocenters. The number of esters is 1. The summed E-state index contributed by atoms with van der Waals surface area (Å²) in [6.45, 7) is 3.15. The van der Waals surface area contributed by atoms with Gasteiger partial charge in [-0.25, -0.2) is 0 Å². The van der Waals surface area contributed by atoms with E-state index >= 15 is 0 Å². The minimum atomic E-state index is -1.04. The Balaban J connectivity index is 2.66. The summed E-state index contributed by atoms with van der Waals surface area (Å²) in [5.74, 6) is -0.746. The molecule has 0 bridgehead atoms. The first-order chi connectivity index (χ1) is 9.03. The van der Waals surface area contributed by atoms with Gasteiger partial charge in [0.25, 0.3) is 0 Å². The molecule has 7 heteroatoms. The zero-order valence-corrected chi connectivity index (χ0v) is 11.5. The van der Waals surface area contributed by atoms with E-state index in [1.165, 1.54) is 12.0 Å². The third kappa shape index (κ3) is 4.45. The SMILES string of the molecule is CCOC(=O)CN(CCOC)C(=O)C1(N)CCOC1. The van der Waals surface area contributed by atoms with Crippen molar-refractivity contribution in [2.45, 2.75) is 18.9 Å². The quantitative estimate of drug-likeness (QED) is 0.608. The lowest BCUT2D eigenvalue weighted by Crippen LogP contribution is -2.57. The van der Waals surface area contributed by atoms with Gasteiger partial charge in [-0.2, -0.15) is 0 Å². The number of amides is 1. The monoisotopic (exact) mass is 274 g/mol. The first-order valence-electron chi connectivity index (χ1n) is 6.34. The lowest BCUT2D eigenvalue weighted by molar-refractivity contribution is -0.151. The van der Waals surface area contributed by atoms with Crippen LogP contribution in [0.15, 0.2) is 0 Å². The number of nitrogens with zero attached hydrogens (tertiary/aromatic N) is 1. The van der Waals surface area contributed by atoms with E-state index in [2.05, 4.69) is 0 Å². The Labute approximate surface area is 113 Å². The van der Waals surface area contributed by atoms with Crippen molar-refractivity contribution in [2.24, 2.45) is 5.73 Å². The Bertz CT molecular complexity index is 315. The highest BCUT2D eigenvalue weighted by Gasteiger charge is 2.41. The highest BCUT2D eigenvalue weighted by Crippen LogP contribution is 2.18. The predicted molar refractivity (Wildman–Crippen MR) is 67.4 cm³/mol. The number of carbonyl (C=O) groups is 2. The van der Waals surface area contributed by atoms with Crippen LogP contribution in [0.5, 0.6) is 0 Å². The van der Waals surface area contributed by atoms with Gasteiger partial charge in [-0.1, -0.05) is 0 Å². The summed E-state index contributed by atoms with van der Waals surface area (Å²) in [5, 5.41) is 0. The van der Waals surface area contributed by atoms with Crippen molar-refractivity contribution in [3.05, 3.63) is 0 Å². The molecule has 1 fully saturated rings. The third-order valence-electron chi connectivity index (χ3n) is 2.96. The molecule has 0 aromatic rings. The molecule has 0 radical (unpaired) electrons. The number of rotatable bonds is 7. The van der Waals surface area contributed by atoms with Gasteiger partial charge in [-0.15, -0.1) is 0 Å². The van der Waals surface area contributed by atoms with Crippen LogP contribution in [0, 0.1) is 0 Å². The minimum Gasteiger partial charge on any atom is -0.465 e. The maximum Gasteiger partial charge on any atom is 0.325 e. The zero-order chi connectivity index (χ0) is 14.3. The average Bonchev–Trinajstić information content (AvgIpc) is 2.82. The Morgan fingerprint density at radius 1 is 1.47 bits per heavy atom. The van der Waals surface area contributed by atoms with Crippen molar-refractivity contribution in [3.8, 4) is 0 Å². The molecule has 1 amide bonds. The summed E-state index contributed by atoms with van der Waals surface area (Å²) >= 11 is 0. The van der Waals surface area contributed by atoms with Crippen LogP contribution in [-0.2, 0) is 23.8 Å². The summed E-state index contributed by atoms with van der Waals surface area (Å²) in [7, 11) is 1.53. The molecule has 0 aliphatic carbocycles. The third-order valence-corrected chi connectivity index (χ3v) is 2.96. The van der Waals surface area contributed by atoms with Gasteiger partial charge in [0.1, 0.15) is 12.1 Å². The molecule has 19 heavy (non-hydrogen) atoms. The molecular formula is C12H22N2O5. The molecule has 0 spiro atoms. The first kappa shape index (κ1) is 15.9. The van der Waals surface area contributed by atoms with E-state index in [1.807, 2.05) is 0 Å². The van der Waals surface area contributed by atoms with Crippen molar-refractivity contribution < 1.29 is 23.8 Å². The van der Waals surface area contributed by atoms with E-state index in [4.69, 9.17) is 19.9 Å². The van der Waals surface area contributed by atoms with Gasteiger partial charge in [0.15, 0.2) is 0 Å². The van der Waals surface area contributed by atoms with Crippen LogP contribution in [0.25, 0.3) is 0 Å². The van der Waals surface area contributed by atoms with Crippen LogP contribution < -0.4 is 5.73 Å². The molecule has 1 aliphatic rings. The number of nitrogens with two attached hydrogens (primary N) is 1. The van der Waals surface area contributed by atoms with Crippen LogP contribution in [0.4, 0.5) is 0 Å². The fourth-order valence-electron chi connectivity index (χ4n) is 1.88. The maximum atomic E-state index is 12.4. The molecule has 1 saturated heterocycles. The van der Waals surface area contributed by atoms with E-state index in [-0.39, 0.29) is 25.7 Å². The Hall–Kier alpha value is -1.18. The molecule has 7 nitrogen and oxygen atoms in total. The van der Waals surface area contributed by atoms with Crippen molar-refractivity contribution in [1.29, 1.82) is 0 Å². The average molecular weight is 274 g/mol. The van der Waals surface area contributed by atoms with Gasteiger partial charge in [0.05, 0.1) is 19.8 Å². The number of methoxy groups -OCH3 is 1. The maximum absolute atomic E-state index is 12.4. The van der Waals surface area contributed by atoms with Gasteiger partial charge in [-0.05, 0) is 13.3 Å². The normalized spacial score (nSPS) is 22.3. The largest absolute Gasteiger partial charge is 0.465 e. The van der Waals surface area contributed by atoms with Crippen LogP contribution >= 0.6 is 0 Å². The molecule has 1 atom stereocenters. The van der Waals surface area contributed by atoms with E-state index in [1.54, 1.807) is 6.92 Å². The molecule has 2 N–H and O–H groups in total. The van der Waals surface area contributed by atoms with Crippen LogP contribution in [-0.4, -0.2) is 68.9 Å². The summed E-state index contributed by atoms with van der Waals surface area (Å²) in [5.41, 5.74) is 4.97. The second-order valence-electron chi connectivity index (χ2n) is 4.48. The van der Waals surface area contributed by atoms with E-state index < -0.39 is 11.5 Å². The van der Waals surface area contributed by atoms with Crippen LogP contribution in [0.3, 0.4) is 0 Å². The van der Waals surface area contributed by atoms with Crippen LogP contribution in [0.2, 0.25) is 0 Å². The van der Waals surface area contributed by atoms with Gasteiger partial charge < -0.3 is 24.8 Å². The number of hydrogen-bond acceptors (Lipinski definition) is 6. The highest BCUT2D eigenvalue weighted by atomic mass is 16.5. The van der Waals surface area contributed by atoms with Crippen LogP contribution in [0.1, 0.15) is 13.3 Å². The fraction of sp³-hybridized carbons (Fsp3) is 0.833. The molecule has 0 aromatic carbocycles. The smallest absolute Gasteiger partial charge is 0.325 e. The molecule has 1 aliphatic heterocycles. The summed E-state index contributed by atoms with van der Waals surface area (Å²) in [4.78, 5) is 25.3. The van der Waals surface area contributed by atoms with Crippen molar-refractivity contribution in [2.75, 3.05) is 46.6 Å². The number of hydrogen-bond donors (Lipinski definition) is 1. The molecule has 0 aromatic heterocycles. The molecule has 1 rings (SSSR count). The topological polar surface area (TPSA) is 91.1 Å². The second-order valence-corrected chi connectivity index (χ2v) is 4.48. The van der Waals surface area contributed by atoms with E-state index in [0.29, 0.717) is 26.2 Å². The number of carbonyl (C=O) groups excluding carboxylic acids is 2. The lowest BCUT2D eigenvalue weighted by atomic mass is 9.98. The van der Waals surface area contributed by atoms with Gasteiger partial charge in [0, 0.05) is 20.3 Å². The lowest BCUT2D eigenvalue weighted by Gasteiger charge is -2.29. The summed E-state index contributed by atoms with van der Waals surface area (Å²) in [6, 6.07) is 0. The first-order valence-corrected chi connectivity index (χ1v) is 6.34. The van der Waals surface area contributed by atoms with Crippen molar-refractivity contribution in [1.82, 2.24) is 4.90 Å². The van der Waals surface area contributed by atoms with Crippen molar-refractivity contribution >= 4 is 11.9 Å². The molecule has 110 valence electrons. The summed E-state index contributed by atoms with van der Waals surface area (Å²) < 4.78 is 15.0. The Morgan fingerprint density at radius 2 is 2.21 bits per heavy atom. The predicted octanol–water partition coefficient (Wildman–Crippen LogP) is -0.858. The van der Waals surface area contributed by atoms with E-state index in [9.17, 15) is 9.59 Å². The molecular weight excluding hydrogens is 252 g/mol. The Morgan fingerprint density at radius 3 is 2.74 bits per heavy atom. The zero-order valence-electron chi connectivity index (χ0n) is 11.5. The van der Waals surface area contributed by atoms with Gasteiger partial charge in [-0.3, -0.25) is 9.59 Å². The standard InChI is InChI=1S/C12H22N2O5/c1-3-19-10(15)8-14(5-7-17-2)11(16)12(13)4-6-18-9-12/h3-9,13H2,1-2H3.